The van der Waals surface area contributed by atoms with Crippen LogP contribution in [-0.2, 0) is 55.5 Å². The second-order valence-corrected chi connectivity index (χ2v) is 18.9. The van der Waals surface area contributed by atoms with Gasteiger partial charge in [-0.15, -0.1) is 0 Å². The van der Waals surface area contributed by atoms with Crippen LogP contribution in [0.1, 0.15) is 46.3 Å². The van der Waals surface area contributed by atoms with Gasteiger partial charge in [-0.1, -0.05) is 25.6 Å². The van der Waals surface area contributed by atoms with Gasteiger partial charge in [0.05, 0.1) is 31.6 Å². The normalized spacial score (nSPS) is 22.8. The topological polar surface area (TPSA) is 424 Å². The molecule has 1 aliphatic heterocycles. The molecule has 2 aromatic heterocycles. The number of carbonyl (C=O) groups excluding carboxylic acids is 3. The largest absolute Gasteiger partial charge is 1.00 e. The average Bonchev–Trinajstić information content (AvgIpc) is 3.63. The maximum atomic E-state index is 12.7. The van der Waals surface area contributed by atoms with Crippen molar-refractivity contribution < 1.29 is 125 Å². The fraction of sp³-hybridized carbons (Fsp3) is 0.667. The molecule has 4 unspecified atom stereocenters. The molecule has 2 amide bonds. The van der Waals surface area contributed by atoms with Crippen LogP contribution in [0.15, 0.2) is 12.7 Å². The van der Waals surface area contributed by atoms with Crippen LogP contribution in [-0.4, -0.2) is 140 Å². The Balaban J connectivity index is 0.0000120. The first kappa shape index (κ1) is 53.1. The van der Waals surface area contributed by atoms with Gasteiger partial charge in [0.25, 0.3) is 7.82 Å². The zero-order chi connectivity index (χ0) is 43.9. The zero-order valence-electron chi connectivity index (χ0n) is 31.8. The predicted molar refractivity (Wildman–Crippen MR) is 192 cm³/mol. The average molecular weight is 934 g/mol. The number of nitrogens with two attached hydrogens (primary N) is 1. The van der Waals surface area contributed by atoms with E-state index in [4.69, 9.17) is 24.6 Å². The van der Waals surface area contributed by atoms with E-state index in [1.807, 2.05) is 0 Å². The number of hydrogen-bond acceptors (Lipinski definition) is 21. The first-order chi connectivity index (χ1) is 26.6. The van der Waals surface area contributed by atoms with Crippen molar-refractivity contribution in [2.75, 3.05) is 37.8 Å². The molecule has 11 N–H and O–H groups in total. The van der Waals surface area contributed by atoms with Crippen molar-refractivity contribution in [2.45, 2.75) is 76.3 Å². The van der Waals surface area contributed by atoms with E-state index in [0.717, 1.165) is 29.0 Å². The van der Waals surface area contributed by atoms with Crippen LogP contribution in [0.3, 0.4) is 0 Å². The number of phosphoric acid groups is 3. The first-order valence-corrected chi connectivity index (χ1v) is 22.1. The molecule has 0 bridgehead atoms. The molecular weight excluding hydrogens is 890 g/mol. The molecule has 32 heteroatoms. The second-order valence-electron chi connectivity index (χ2n) is 13.5. The number of nitrogens with one attached hydrogen (secondary N) is 2. The van der Waals surface area contributed by atoms with Gasteiger partial charge in [0.1, 0.15) is 36.3 Å². The SMILES string of the molecule is CC(O)(CC(=O)O)CC(=O)SCCNC(=O)CCNC(=O)[C@H](O)C(C)(C)COP(=O)(O)OP(=O)(O)OC[C@H]1O[C@@H](n2cnc3c(N)ncnc32)[C@H](O)[C@@H]1OP(=O)([O-])O.[Na+]. The standard InChI is InChI=1S/C27H44N7O20P3S.Na/c1-26(2,21(40)24(41)30-5-4-15(35)29-6-7-58-17(38)9-27(3,42)8-16(36)37)11-51-57(48,49)54-56(46,47)50-10-14-20(53-55(43,44)45)19(39)25(52-14)34-13-33-18-22(28)31-12-32-23(18)34;/h12-14,19-21,25,39-40,42H,4-11H2,1-3H3,(H,29,35)(H,30,41)(H,36,37)(H,46,47)(H,48,49)(H2,28,31,32)(H2,43,44,45);/q;+1/p-1/t14-,19-,20-,21+,25-,27?;/m1./s1. The summed E-state index contributed by atoms with van der Waals surface area (Å²) in [4.78, 5) is 100. The molecule has 1 saturated heterocycles. The van der Waals surface area contributed by atoms with Gasteiger partial charge in [0.15, 0.2) is 22.8 Å². The molecule has 9 atom stereocenters. The van der Waals surface area contributed by atoms with Crippen LogP contribution in [0, 0.1) is 5.41 Å². The number of hydrogen-bond donors (Lipinski definition) is 10. The molecule has 328 valence electrons. The molecule has 0 radical (unpaired) electrons. The first-order valence-electron chi connectivity index (χ1n) is 16.6. The molecule has 1 fully saturated rings. The number of amides is 2. The fourth-order valence-corrected chi connectivity index (χ4v) is 8.70. The van der Waals surface area contributed by atoms with Gasteiger partial charge in [-0.3, -0.25) is 37.4 Å². The van der Waals surface area contributed by atoms with Crippen LogP contribution >= 0.6 is 35.2 Å². The number of ether oxygens (including phenoxy) is 1. The summed E-state index contributed by atoms with van der Waals surface area (Å²) >= 11 is 0.769. The maximum Gasteiger partial charge on any atom is 1.00 e. The summed E-state index contributed by atoms with van der Waals surface area (Å²) in [6, 6.07) is 0. The van der Waals surface area contributed by atoms with Crippen LogP contribution in [0.5, 0.6) is 0 Å². The number of fused-ring (bicyclic) bond motifs is 1. The van der Waals surface area contributed by atoms with E-state index < -0.39 is 114 Å². The Morgan fingerprint density at radius 1 is 1.05 bits per heavy atom. The molecular formula is C27H43N7NaO20P3S. The molecule has 3 rings (SSSR count). The van der Waals surface area contributed by atoms with Gasteiger partial charge >= 0.3 is 51.2 Å². The van der Waals surface area contributed by atoms with Gasteiger partial charge < -0.3 is 65.6 Å². The Morgan fingerprint density at radius 2 is 1.69 bits per heavy atom. The summed E-state index contributed by atoms with van der Waals surface area (Å²) < 4.78 is 61.6. The minimum atomic E-state index is -5.62. The molecule has 27 nitrogen and oxygen atoms in total. The Kier molecular flexibility index (Phi) is 19.7. The quantitative estimate of drug-likeness (QED) is 0.0282. The predicted octanol–water partition coefficient (Wildman–Crippen LogP) is -5.35. The van der Waals surface area contributed by atoms with Crippen molar-refractivity contribution in [3.8, 4) is 0 Å². The van der Waals surface area contributed by atoms with Gasteiger partial charge in [-0.25, -0.2) is 24.1 Å². The number of aliphatic carboxylic acids is 1. The number of phosphoric ester groups is 3. The summed E-state index contributed by atoms with van der Waals surface area (Å²) in [7, 11) is -16.8. The van der Waals surface area contributed by atoms with E-state index >= 15 is 0 Å². The van der Waals surface area contributed by atoms with E-state index in [-0.39, 0.29) is 71.8 Å². The van der Waals surface area contributed by atoms with Crippen molar-refractivity contribution in [3.63, 3.8) is 0 Å². The number of nitrogens with zero attached hydrogens (tertiary/aromatic N) is 4. The van der Waals surface area contributed by atoms with E-state index in [1.54, 1.807) is 0 Å². The fourth-order valence-electron chi connectivity index (χ4n) is 5.04. The maximum absolute atomic E-state index is 12.7. The molecule has 59 heavy (non-hydrogen) atoms. The molecule has 3 heterocycles. The molecule has 0 spiro atoms. The van der Waals surface area contributed by atoms with Gasteiger partial charge in [-0.2, -0.15) is 4.31 Å². The van der Waals surface area contributed by atoms with Crippen molar-refractivity contribution in [1.82, 2.24) is 30.2 Å². The smallest absolute Gasteiger partial charge is 0.756 e. The minimum absolute atomic E-state index is 0. The monoisotopic (exact) mass is 933 g/mol. The summed E-state index contributed by atoms with van der Waals surface area (Å²) in [5, 5.41) is 44.4. The Labute approximate surface area is 360 Å². The number of anilines is 1. The Hall–Kier alpha value is -2.01. The van der Waals surface area contributed by atoms with Gasteiger partial charge in [0, 0.05) is 37.1 Å². The summed E-state index contributed by atoms with van der Waals surface area (Å²) in [6.07, 6.45) is -8.43. The van der Waals surface area contributed by atoms with Crippen LogP contribution in [0.25, 0.3) is 11.2 Å². The van der Waals surface area contributed by atoms with Crippen LogP contribution in [0.2, 0.25) is 0 Å². The Bertz CT molecular complexity index is 1960. The number of carbonyl (C=O) groups is 4. The molecule has 2 aromatic rings. The van der Waals surface area contributed by atoms with Crippen LogP contribution in [0.4, 0.5) is 5.82 Å². The molecule has 0 aromatic carbocycles. The third-order valence-electron chi connectivity index (χ3n) is 7.82. The van der Waals surface area contributed by atoms with Crippen LogP contribution < -0.4 is 50.8 Å². The zero-order valence-corrected chi connectivity index (χ0v) is 37.3. The van der Waals surface area contributed by atoms with E-state index in [2.05, 4.69) is 34.4 Å². The number of aliphatic hydroxyl groups is 3. The number of aliphatic hydroxyl groups excluding tert-OH is 2. The number of rotatable bonds is 23. The number of aromatic nitrogens is 4. The van der Waals surface area contributed by atoms with E-state index in [0.29, 0.717) is 0 Å². The summed E-state index contributed by atoms with van der Waals surface area (Å²) in [5.74, 6) is -2.83. The molecule has 0 saturated carbocycles. The molecule has 1 aliphatic rings. The minimum Gasteiger partial charge on any atom is -0.756 e. The summed E-state index contributed by atoms with van der Waals surface area (Å²) in [6.45, 7) is 1.24. The third kappa shape index (κ3) is 17.0. The number of imidazole rings is 1. The third-order valence-corrected chi connectivity index (χ3v) is 11.8. The molecule has 0 aliphatic carbocycles. The van der Waals surface area contributed by atoms with E-state index in [9.17, 15) is 67.8 Å². The second kappa shape index (κ2) is 21.9. The summed E-state index contributed by atoms with van der Waals surface area (Å²) in [5.41, 5.74) is 2.40. The Morgan fingerprint density at radius 3 is 2.32 bits per heavy atom. The van der Waals surface area contributed by atoms with Gasteiger partial charge in [-0.05, 0) is 6.92 Å². The number of nitrogen functional groups attached to an aromatic ring is 1. The van der Waals surface area contributed by atoms with Crippen molar-refractivity contribution in [3.05, 3.63) is 12.7 Å². The number of carboxylic acid groups (broad SMARTS) is 1. The number of thioether (sulfide) groups is 1. The van der Waals surface area contributed by atoms with Crippen molar-refractivity contribution in [2.24, 2.45) is 5.41 Å². The van der Waals surface area contributed by atoms with Crippen molar-refractivity contribution >= 4 is 75.1 Å². The van der Waals surface area contributed by atoms with Crippen molar-refractivity contribution in [1.29, 1.82) is 0 Å². The van der Waals surface area contributed by atoms with E-state index in [1.165, 1.54) is 20.8 Å². The number of carboxylic acids is 1. The van der Waals surface area contributed by atoms with Gasteiger partial charge in [0.2, 0.25) is 11.8 Å².